The van der Waals surface area contributed by atoms with Gasteiger partial charge < -0.3 is 5.32 Å². The molecule has 0 radical (unpaired) electrons. The van der Waals surface area contributed by atoms with Gasteiger partial charge in [0.2, 0.25) is 0 Å². The molecule has 1 N–H and O–H groups in total. The molecule has 0 amide bonds. The van der Waals surface area contributed by atoms with Crippen LogP contribution in [0.1, 0.15) is 37.3 Å². The van der Waals surface area contributed by atoms with Gasteiger partial charge in [0.1, 0.15) is 7.85 Å². The molecule has 1 aliphatic rings. The number of rotatable bonds is 5. The molecule has 120 valence electrons. The molecule has 0 saturated carbocycles. The van der Waals surface area contributed by atoms with Crippen LogP contribution in [0.3, 0.4) is 0 Å². The zero-order valence-corrected chi connectivity index (χ0v) is 14.7. The van der Waals surface area contributed by atoms with E-state index in [4.69, 9.17) is 0 Å². The van der Waals surface area contributed by atoms with Crippen molar-refractivity contribution in [3.63, 3.8) is 0 Å². The van der Waals surface area contributed by atoms with Gasteiger partial charge in [0.15, 0.2) is 0 Å². The van der Waals surface area contributed by atoms with Gasteiger partial charge in [-0.2, -0.15) is 0 Å². The summed E-state index contributed by atoms with van der Waals surface area (Å²) in [5, 5.41) is 3.49. The summed E-state index contributed by atoms with van der Waals surface area (Å²) in [5.41, 5.74) is 9.70. The third-order valence-electron chi connectivity index (χ3n) is 4.49. The van der Waals surface area contributed by atoms with E-state index in [0.29, 0.717) is 0 Å². The molecule has 0 bridgehead atoms. The smallest absolute Gasteiger partial charge is 0.139 e. The minimum Gasteiger partial charge on any atom is -0.355 e. The van der Waals surface area contributed by atoms with Crippen molar-refractivity contribution in [1.29, 1.82) is 0 Å². The molecule has 2 aromatic rings. The summed E-state index contributed by atoms with van der Waals surface area (Å²) < 4.78 is 0. The maximum Gasteiger partial charge on any atom is 0.139 e. The summed E-state index contributed by atoms with van der Waals surface area (Å²) >= 11 is 0. The van der Waals surface area contributed by atoms with Crippen LogP contribution in [0.2, 0.25) is 0 Å². The second kappa shape index (κ2) is 6.96. The highest BCUT2D eigenvalue weighted by Crippen LogP contribution is 2.41. The van der Waals surface area contributed by atoms with Gasteiger partial charge in [-0.05, 0) is 35.6 Å². The molecule has 24 heavy (non-hydrogen) atoms. The van der Waals surface area contributed by atoms with Gasteiger partial charge in [-0.3, -0.25) is 0 Å². The van der Waals surface area contributed by atoms with E-state index in [1.54, 1.807) is 0 Å². The molecule has 0 aliphatic carbocycles. The zero-order chi connectivity index (χ0) is 17.1. The van der Waals surface area contributed by atoms with Crippen LogP contribution in [0.25, 0.3) is 5.57 Å². The first-order chi connectivity index (χ1) is 11.6. The van der Waals surface area contributed by atoms with E-state index in [-0.39, 0.29) is 0 Å². The summed E-state index contributed by atoms with van der Waals surface area (Å²) in [6, 6.07) is 17.2. The average molecular weight is 313 g/mol. The molecule has 0 spiro atoms. The highest BCUT2D eigenvalue weighted by Gasteiger charge is 2.23. The van der Waals surface area contributed by atoms with Gasteiger partial charge in [-0.15, -0.1) is 0 Å². The van der Waals surface area contributed by atoms with Crippen molar-refractivity contribution in [1.82, 2.24) is 0 Å². The van der Waals surface area contributed by atoms with Crippen LogP contribution in [-0.4, -0.2) is 7.85 Å². The molecule has 0 unspecified atom stereocenters. The third-order valence-corrected chi connectivity index (χ3v) is 4.49. The number of allylic oxidation sites excluding steroid dienone is 2. The highest BCUT2D eigenvalue weighted by atomic mass is 14.9. The zero-order valence-electron chi connectivity index (χ0n) is 14.7. The van der Waals surface area contributed by atoms with E-state index in [1.807, 2.05) is 0 Å². The molecule has 0 atom stereocenters. The van der Waals surface area contributed by atoms with Gasteiger partial charge in [0.05, 0.1) is 0 Å². The van der Waals surface area contributed by atoms with E-state index >= 15 is 0 Å². The van der Waals surface area contributed by atoms with E-state index in [2.05, 4.69) is 81.8 Å². The lowest BCUT2D eigenvalue weighted by atomic mass is 9.82. The quantitative estimate of drug-likeness (QED) is 0.636. The third kappa shape index (κ3) is 3.23. The van der Waals surface area contributed by atoms with Crippen LogP contribution in [-0.2, 0) is 0 Å². The van der Waals surface area contributed by atoms with Gasteiger partial charge in [0.25, 0.3) is 0 Å². The molecular formula is C22H24BN. The lowest BCUT2D eigenvalue weighted by Gasteiger charge is -2.28. The van der Waals surface area contributed by atoms with Crippen molar-refractivity contribution >= 4 is 24.6 Å². The van der Waals surface area contributed by atoms with Crippen LogP contribution < -0.4 is 10.8 Å². The lowest BCUT2D eigenvalue weighted by molar-refractivity contribution is 0.873. The van der Waals surface area contributed by atoms with E-state index in [9.17, 15) is 0 Å². The van der Waals surface area contributed by atoms with Crippen molar-refractivity contribution in [2.45, 2.75) is 26.2 Å². The summed E-state index contributed by atoms with van der Waals surface area (Å²) in [6.07, 6.45) is 3.05. The van der Waals surface area contributed by atoms with Crippen LogP contribution in [0.15, 0.2) is 78.5 Å². The van der Waals surface area contributed by atoms with Crippen molar-refractivity contribution in [2.24, 2.45) is 0 Å². The molecule has 1 heterocycles. The maximum absolute atomic E-state index is 4.30. The van der Waals surface area contributed by atoms with Crippen molar-refractivity contribution in [2.75, 3.05) is 5.32 Å². The summed E-state index contributed by atoms with van der Waals surface area (Å²) in [4.78, 5) is 0. The van der Waals surface area contributed by atoms with Gasteiger partial charge in [-0.1, -0.05) is 80.0 Å². The van der Waals surface area contributed by atoms with E-state index < -0.39 is 0 Å². The molecule has 0 aromatic heterocycles. The fourth-order valence-electron chi connectivity index (χ4n) is 3.35. The Kier molecular flexibility index (Phi) is 4.75. The van der Waals surface area contributed by atoms with E-state index in [0.717, 1.165) is 30.6 Å². The van der Waals surface area contributed by atoms with Gasteiger partial charge >= 0.3 is 0 Å². The first-order valence-corrected chi connectivity index (χ1v) is 8.62. The molecule has 2 aromatic carbocycles. The van der Waals surface area contributed by atoms with Crippen LogP contribution in [0.5, 0.6) is 0 Å². The molecule has 0 fully saturated rings. The average Bonchev–Trinajstić information content (AvgIpc) is 2.57. The van der Waals surface area contributed by atoms with Crippen LogP contribution in [0.4, 0.5) is 5.69 Å². The minimum absolute atomic E-state index is 0.872. The Hall–Kier alpha value is -2.48. The lowest BCUT2D eigenvalue weighted by Crippen LogP contribution is -2.16. The van der Waals surface area contributed by atoms with Gasteiger partial charge in [-0.25, -0.2) is 0 Å². The van der Waals surface area contributed by atoms with Crippen molar-refractivity contribution in [3.8, 4) is 0 Å². The molecule has 0 saturated heterocycles. The molecule has 2 heteroatoms. The van der Waals surface area contributed by atoms with Crippen LogP contribution in [0, 0.1) is 0 Å². The van der Waals surface area contributed by atoms with Gasteiger partial charge in [0, 0.05) is 16.9 Å². The predicted molar refractivity (Wildman–Crippen MR) is 109 cm³/mol. The van der Waals surface area contributed by atoms with Crippen molar-refractivity contribution < 1.29 is 0 Å². The summed E-state index contributed by atoms with van der Waals surface area (Å²) in [5.74, 6) is 0. The topological polar surface area (TPSA) is 12.0 Å². The standard InChI is InChI=1S/C22H24BN/c1-4-8-15(2)13-19-16(3)24-21-12-11-18(23)14-20(21)22(19)17-9-6-5-7-10-17/h5-7,9-12,14,24H,2-4,8,13,23H2,1H3. The fraction of sp³-hybridized carbons (Fsp3) is 0.182. The summed E-state index contributed by atoms with van der Waals surface area (Å²) in [6.45, 7) is 10.8. The van der Waals surface area contributed by atoms with Crippen molar-refractivity contribution in [3.05, 3.63) is 89.7 Å². The Labute approximate surface area is 146 Å². The molecule has 1 nitrogen and oxygen atoms in total. The number of anilines is 1. The number of hydrogen-bond donors (Lipinski definition) is 1. The second-order valence-corrected chi connectivity index (χ2v) is 6.55. The Morgan fingerprint density at radius 2 is 1.88 bits per heavy atom. The van der Waals surface area contributed by atoms with Crippen LogP contribution >= 0.6 is 0 Å². The number of nitrogens with one attached hydrogen (secondary N) is 1. The Morgan fingerprint density at radius 1 is 1.12 bits per heavy atom. The largest absolute Gasteiger partial charge is 0.355 e. The first-order valence-electron chi connectivity index (χ1n) is 8.62. The summed E-state index contributed by atoms with van der Waals surface area (Å²) in [7, 11) is 2.14. The van der Waals surface area contributed by atoms with E-state index in [1.165, 1.54) is 33.3 Å². The Balaban J connectivity index is 2.20. The number of hydrogen-bond acceptors (Lipinski definition) is 1. The Bertz CT molecular complexity index is 815. The Morgan fingerprint density at radius 3 is 2.58 bits per heavy atom. The monoisotopic (exact) mass is 313 g/mol. The number of benzene rings is 2. The maximum atomic E-state index is 4.30. The molecule has 3 rings (SSSR count). The first kappa shape index (κ1) is 16.4. The normalized spacial score (nSPS) is 13.5. The fourth-order valence-corrected chi connectivity index (χ4v) is 3.35. The molecule has 1 aliphatic heterocycles. The highest BCUT2D eigenvalue weighted by molar-refractivity contribution is 6.32. The second-order valence-electron chi connectivity index (χ2n) is 6.55. The minimum atomic E-state index is 0.872. The predicted octanol–water partition coefficient (Wildman–Crippen LogP) is 4.43. The SMILES string of the molecule is Bc1ccc2c(c1)C(c1ccccc1)=C(CC(=C)CCC)C(=C)N2. The molecular weight excluding hydrogens is 289 g/mol. The number of fused-ring (bicyclic) bond motifs is 1.